The molecule has 0 radical (unpaired) electrons. The van der Waals surface area contributed by atoms with E-state index in [1.54, 1.807) is 6.92 Å². The van der Waals surface area contributed by atoms with Crippen LogP contribution in [-0.4, -0.2) is 24.4 Å². The molecule has 0 heterocycles. The molecule has 0 fully saturated rings. The summed E-state index contributed by atoms with van der Waals surface area (Å²) in [4.78, 5) is 11.4. The lowest BCUT2D eigenvalue weighted by atomic mass is 9.95. The Labute approximate surface area is 117 Å². The lowest BCUT2D eigenvalue weighted by molar-refractivity contribution is -0.289. The first-order valence-electron chi connectivity index (χ1n) is 5.95. The van der Waals surface area contributed by atoms with E-state index in [1.165, 1.54) is 0 Å². The van der Waals surface area contributed by atoms with Crippen LogP contribution in [0.5, 0.6) is 5.75 Å². The first-order valence-corrected chi connectivity index (χ1v) is 5.95. The second kappa shape index (κ2) is 5.87. The van der Waals surface area contributed by atoms with Crippen molar-refractivity contribution in [2.75, 3.05) is 7.11 Å². The number of carbonyl (C=O) groups is 1. The summed E-state index contributed by atoms with van der Waals surface area (Å²) in [6.45, 7) is 1.69. The van der Waals surface area contributed by atoms with Crippen LogP contribution >= 0.6 is 0 Å². The number of hydrogen-bond donors (Lipinski definition) is 1. The van der Waals surface area contributed by atoms with Crippen molar-refractivity contribution in [2.45, 2.75) is 31.9 Å². The fraction of sp³-hybridized carbons (Fsp3) is 0.462. The van der Waals surface area contributed by atoms with Crippen molar-refractivity contribution in [3.63, 3.8) is 0 Å². The lowest BCUT2D eigenvalue weighted by Crippen LogP contribution is -2.35. The number of aryl methyl sites for hydroxylation is 1. The van der Waals surface area contributed by atoms with E-state index < -0.39 is 34.9 Å². The number of phenolic OH excluding ortho intramolecular Hbond substituents is 1. The molecule has 1 N–H and O–H groups in total. The van der Waals surface area contributed by atoms with Gasteiger partial charge in [0.2, 0.25) is 0 Å². The molecule has 0 aliphatic rings. The van der Waals surface area contributed by atoms with Gasteiger partial charge >= 0.3 is 18.1 Å². The lowest BCUT2D eigenvalue weighted by Gasteiger charge is -2.23. The molecule has 3 nitrogen and oxygen atoms in total. The van der Waals surface area contributed by atoms with E-state index in [1.807, 2.05) is 0 Å². The summed E-state index contributed by atoms with van der Waals surface area (Å²) in [5, 5.41) is 9.63. The topological polar surface area (TPSA) is 46.5 Å². The second-order valence-electron chi connectivity index (χ2n) is 4.35. The Hall–Kier alpha value is -1.86. The summed E-state index contributed by atoms with van der Waals surface area (Å²) < 4.78 is 68.9. The standard InChI is InChI=1S/C13H13F5O3/c1-3-4-7-5-8(12(14,15)13(16,17)18)10(9(19)6-7)11(20)21-2/h5-6,19H,3-4H2,1-2H3. The van der Waals surface area contributed by atoms with E-state index in [-0.39, 0.29) is 12.0 Å². The Morgan fingerprint density at radius 2 is 1.81 bits per heavy atom. The van der Waals surface area contributed by atoms with Gasteiger partial charge in [0.15, 0.2) is 0 Å². The van der Waals surface area contributed by atoms with Crippen LogP contribution in [0.25, 0.3) is 0 Å². The molecule has 0 unspecified atom stereocenters. The highest BCUT2D eigenvalue weighted by atomic mass is 19.4. The van der Waals surface area contributed by atoms with Gasteiger partial charge in [-0.1, -0.05) is 13.3 Å². The molecule has 0 spiro atoms. The van der Waals surface area contributed by atoms with Crippen LogP contribution in [0.2, 0.25) is 0 Å². The van der Waals surface area contributed by atoms with Gasteiger partial charge in [0.25, 0.3) is 0 Å². The number of hydrogen-bond acceptors (Lipinski definition) is 3. The molecule has 0 aliphatic carbocycles. The molecule has 0 aromatic heterocycles. The first kappa shape index (κ1) is 17.2. The van der Waals surface area contributed by atoms with Crippen LogP contribution in [0.15, 0.2) is 12.1 Å². The first-order chi connectivity index (χ1) is 9.56. The molecule has 8 heteroatoms. The van der Waals surface area contributed by atoms with Gasteiger partial charge in [-0.05, 0) is 24.1 Å². The fourth-order valence-electron chi connectivity index (χ4n) is 1.83. The van der Waals surface area contributed by atoms with E-state index in [9.17, 15) is 31.9 Å². The number of ether oxygens (including phenoxy) is 1. The minimum atomic E-state index is -5.90. The second-order valence-corrected chi connectivity index (χ2v) is 4.35. The molecule has 0 aliphatic heterocycles. The van der Waals surface area contributed by atoms with Crippen LogP contribution in [0.3, 0.4) is 0 Å². The van der Waals surface area contributed by atoms with Gasteiger partial charge in [-0.3, -0.25) is 0 Å². The predicted molar refractivity (Wildman–Crippen MR) is 63.4 cm³/mol. The van der Waals surface area contributed by atoms with Crippen molar-refractivity contribution in [1.29, 1.82) is 0 Å². The number of rotatable bonds is 4. The highest BCUT2D eigenvalue weighted by Crippen LogP contribution is 2.47. The highest BCUT2D eigenvalue weighted by Gasteiger charge is 2.60. The van der Waals surface area contributed by atoms with Gasteiger partial charge in [-0.25, -0.2) is 4.79 Å². The van der Waals surface area contributed by atoms with Gasteiger partial charge in [-0.2, -0.15) is 22.0 Å². The van der Waals surface area contributed by atoms with Crippen LogP contribution in [0, 0.1) is 0 Å². The van der Waals surface area contributed by atoms with Crippen LogP contribution in [-0.2, 0) is 17.1 Å². The van der Waals surface area contributed by atoms with E-state index in [0.29, 0.717) is 12.5 Å². The molecule has 1 aromatic carbocycles. The molecule has 21 heavy (non-hydrogen) atoms. The summed E-state index contributed by atoms with van der Waals surface area (Å²) in [7, 11) is 0.817. The Balaban J connectivity index is 3.62. The molecule has 0 saturated carbocycles. The zero-order chi connectivity index (χ0) is 16.4. The summed E-state index contributed by atoms with van der Waals surface area (Å²) in [5.41, 5.74) is -2.72. The van der Waals surface area contributed by atoms with Crippen molar-refractivity contribution < 1.29 is 36.6 Å². The Kier molecular flexibility index (Phi) is 4.80. The number of esters is 1. The van der Waals surface area contributed by atoms with E-state index in [0.717, 1.165) is 13.2 Å². The third-order valence-electron chi connectivity index (χ3n) is 2.80. The third-order valence-corrected chi connectivity index (χ3v) is 2.80. The molecule has 0 amide bonds. The molecule has 0 bridgehead atoms. The minimum absolute atomic E-state index is 0.0709. The smallest absolute Gasteiger partial charge is 0.458 e. The summed E-state index contributed by atoms with van der Waals surface area (Å²) >= 11 is 0. The fourth-order valence-corrected chi connectivity index (χ4v) is 1.83. The average molecular weight is 312 g/mol. The average Bonchev–Trinajstić information content (AvgIpc) is 2.36. The molecular formula is C13H13F5O3. The number of carbonyl (C=O) groups excluding carboxylic acids is 1. The van der Waals surface area contributed by atoms with Crippen molar-refractivity contribution in [2.24, 2.45) is 0 Å². The van der Waals surface area contributed by atoms with Crippen molar-refractivity contribution in [3.8, 4) is 5.75 Å². The maximum atomic E-state index is 13.6. The zero-order valence-corrected chi connectivity index (χ0v) is 11.2. The minimum Gasteiger partial charge on any atom is -0.507 e. The molecule has 1 aromatic rings. The number of phenols is 1. The molecular weight excluding hydrogens is 299 g/mol. The maximum absolute atomic E-state index is 13.6. The van der Waals surface area contributed by atoms with Crippen molar-refractivity contribution >= 4 is 5.97 Å². The quantitative estimate of drug-likeness (QED) is 0.680. The van der Waals surface area contributed by atoms with E-state index in [2.05, 4.69) is 4.74 Å². The Bertz CT molecular complexity index is 537. The number of aromatic hydroxyl groups is 1. The largest absolute Gasteiger partial charge is 0.507 e. The highest BCUT2D eigenvalue weighted by molar-refractivity contribution is 5.94. The number of benzene rings is 1. The number of methoxy groups -OCH3 is 1. The van der Waals surface area contributed by atoms with Crippen LogP contribution < -0.4 is 0 Å². The van der Waals surface area contributed by atoms with Crippen LogP contribution in [0.1, 0.15) is 34.8 Å². The number of halogens is 5. The monoisotopic (exact) mass is 312 g/mol. The van der Waals surface area contributed by atoms with Crippen molar-refractivity contribution in [1.82, 2.24) is 0 Å². The maximum Gasteiger partial charge on any atom is 0.458 e. The SMILES string of the molecule is CCCc1cc(O)c(C(=O)OC)c(C(F)(F)C(F)(F)F)c1. The van der Waals surface area contributed by atoms with Crippen LogP contribution in [0.4, 0.5) is 22.0 Å². The van der Waals surface area contributed by atoms with Gasteiger partial charge in [0.1, 0.15) is 11.3 Å². The molecule has 118 valence electrons. The Morgan fingerprint density at radius 1 is 1.24 bits per heavy atom. The summed E-state index contributed by atoms with van der Waals surface area (Å²) in [6.07, 6.45) is -5.25. The van der Waals surface area contributed by atoms with Gasteiger partial charge in [0.05, 0.1) is 7.11 Å². The predicted octanol–water partition coefficient (Wildman–Crippen LogP) is 3.79. The summed E-state index contributed by atoms with van der Waals surface area (Å²) in [6, 6.07) is 1.55. The zero-order valence-electron chi connectivity index (χ0n) is 11.2. The summed E-state index contributed by atoms with van der Waals surface area (Å²) in [5.74, 6) is -7.71. The normalized spacial score (nSPS) is 12.3. The van der Waals surface area contributed by atoms with Crippen molar-refractivity contribution in [3.05, 3.63) is 28.8 Å². The molecule has 0 atom stereocenters. The molecule has 1 rings (SSSR count). The van der Waals surface area contributed by atoms with Gasteiger partial charge in [-0.15, -0.1) is 0 Å². The van der Waals surface area contributed by atoms with E-state index in [4.69, 9.17) is 0 Å². The third kappa shape index (κ3) is 3.25. The number of alkyl halides is 5. The van der Waals surface area contributed by atoms with Gasteiger partial charge < -0.3 is 9.84 Å². The van der Waals surface area contributed by atoms with E-state index >= 15 is 0 Å². The van der Waals surface area contributed by atoms with Gasteiger partial charge in [0, 0.05) is 5.56 Å². The molecule has 0 saturated heterocycles. The Morgan fingerprint density at radius 3 is 2.24 bits per heavy atom.